The van der Waals surface area contributed by atoms with Crippen LogP contribution in [0, 0.1) is 0 Å². The van der Waals surface area contributed by atoms with Crippen molar-refractivity contribution in [2.24, 2.45) is 0 Å². The molecule has 2 heterocycles. The van der Waals surface area contributed by atoms with Crippen LogP contribution in [0.25, 0.3) is 5.76 Å². The molecule has 138 valence electrons. The molecule has 1 saturated heterocycles. The van der Waals surface area contributed by atoms with Gasteiger partial charge in [0.15, 0.2) is 0 Å². The molecular weight excluding hydrogens is 420 g/mol. The summed E-state index contributed by atoms with van der Waals surface area (Å²) in [5.41, 5.74) is 1.74. The lowest BCUT2D eigenvalue weighted by Gasteiger charge is -2.25. The van der Waals surface area contributed by atoms with Crippen LogP contribution < -0.4 is 4.90 Å². The van der Waals surface area contributed by atoms with Gasteiger partial charge >= 0.3 is 0 Å². The zero-order valence-electron chi connectivity index (χ0n) is 14.6. The van der Waals surface area contributed by atoms with E-state index in [9.17, 15) is 14.7 Å². The number of nitrogens with zero attached hydrogens (tertiary/aromatic N) is 2. The van der Waals surface area contributed by atoms with Gasteiger partial charge in [0, 0.05) is 16.2 Å². The number of carbonyl (C=O) groups is 2. The molecule has 1 aliphatic rings. The average Bonchev–Trinajstić information content (AvgIpc) is 3.00. The summed E-state index contributed by atoms with van der Waals surface area (Å²) in [6, 6.07) is 18.7. The fraction of sp³-hybridized carbons (Fsp3) is 0.0455. The van der Waals surface area contributed by atoms with E-state index >= 15 is 0 Å². The number of hydrogen-bond acceptors (Lipinski definition) is 4. The quantitative estimate of drug-likeness (QED) is 0.375. The summed E-state index contributed by atoms with van der Waals surface area (Å²) in [5.74, 6) is -1.62. The van der Waals surface area contributed by atoms with Crippen molar-refractivity contribution in [3.8, 4) is 0 Å². The molecule has 6 heteroatoms. The molecule has 1 aromatic heterocycles. The van der Waals surface area contributed by atoms with E-state index in [0.717, 1.165) is 4.47 Å². The van der Waals surface area contributed by atoms with Crippen LogP contribution in [0.5, 0.6) is 0 Å². The lowest BCUT2D eigenvalue weighted by atomic mass is 9.95. The normalized spacial score (nSPS) is 18.5. The monoisotopic (exact) mass is 434 g/mol. The molecule has 0 bridgehead atoms. The van der Waals surface area contributed by atoms with Gasteiger partial charge in [-0.3, -0.25) is 19.5 Å². The van der Waals surface area contributed by atoms with E-state index in [-0.39, 0.29) is 11.3 Å². The molecule has 0 radical (unpaired) electrons. The number of pyridine rings is 1. The number of Topliss-reactive ketones (excluding diaryl/α,β-unsaturated/α-hetero) is 1. The summed E-state index contributed by atoms with van der Waals surface area (Å²) in [6.45, 7) is 0. The van der Waals surface area contributed by atoms with Gasteiger partial charge in [0.05, 0.1) is 23.5 Å². The minimum absolute atomic E-state index is 0.0578. The number of anilines is 1. The van der Waals surface area contributed by atoms with E-state index in [4.69, 9.17) is 0 Å². The SMILES string of the molecule is O=C1C(=O)N(c2cccnc2)[C@H](c2ccc(Br)cc2)/C1=C(\O)c1ccccc1. The topological polar surface area (TPSA) is 70.5 Å². The summed E-state index contributed by atoms with van der Waals surface area (Å²) in [7, 11) is 0. The fourth-order valence-electron chi connectivity index (χ4n) is 3.31. The molecule has 0 unspecified atom stereocenters. The van der Waals surface area contributed by atoms with Crippen molar-refractivity contribution in [3.05, 3.63) is 100 Å². The van der Waals surface area contributed by atoms with Crippen LogP contribution >= 0.6 is 15.9 Å². The second-order valence-electron chi connectivity index (χ2n) is 6.30. The zero-order valence-corrected chi connectivity index (χ0v) is 16.2. The third-order valence-corrected chi connectivity index (χ3v) is 5.13. The molecule has 0 saturated carbocycles. The van der Waals surface area contributed by atoms with E-state index in [0.29, 0.717) is 16.8 Å². The Hall–Kier alpha value is -3.25. The number of aromatic nitrogens is 1. The molecule has 1 atom stereocenters. The van der Waals surface area contributed by atoms with Crippen LogP contribution in [0.1, 0.15) is 17.2 Å². The van der Waals surface area contributed by atoms with Crippen molar-refractivity contribution in [1.82, 2.24) is 4.98 Å². The van der Waals surface area contributed by atoms with Crippen molar-refractivity contribution in [2.75, 3.05) is 4.90 Å². The Balaban J connectivity index is 1.95. The van der Waals surface area contributed by atoms with Gasteiger partial charge in [-0.1, -0.05) is 58.4 Å². The first kappa shape index (κ1) is 18.1. The van der Waals surface area contributed by atoms with E-state index < -0.39 is 17.7 Å². The van der Waals surface area contributed by atoms with E-state index in [1.807, 2.05) is 30.3 Å². The first-order valence-electron chi connectivity index (χ1n) is 8.60. The van der Waals surface area contributed by atoms with Gasteiger partial charge in [0.2, 0.25) is 0 Å². The maximum Gasteiger partial charge on any atom is 0.300 e. The highest BCUT2D eigenvalue weighted by Crippen LogP contribution is 2.42. The van der Waals surface area contributed by atoms with Crippen molar-refractivity contribution < 1.29 is 14.7 Å². The molecule has 0 spiro atoms. The van der Waals surface area contributed by atoms with Gasteiger partial charge in [-0.15, -0.1) is 0 Å². The highest BCUT2D eigenvalue weighted by Gasteiger charge is 2.47. The molecule has 1 aliphatic heterocycles. The molecule has 1 fully saturated rings. The zero-order chi connectivity index (χ0) is 19.7. The third-order valence-electron chi connectivity index (χ3n) is 4.60. The largest absolute Gasteiger partial charge is 0.507 e. The third kappa shape index (κ3) is 3.12. The van der Waals surface area contributed by atoms with E-state index in [1.54, 1.807) is 42.6 Å². The fourth-order valence-corrected chi connectivity index (χ4v) is 3.57. The average molecular weight is 435 g/mol. The summed E-state index contributed by atoms with van der Waals surface area (Å²) >= 11 is 3.40. The summed E-state index contributed by atoms with van der Waals surface area (Å²) in [5, 5.41) is 10.9. The maximum atomic E-state index is 12.9. The Morgan fingerprint density at radius 2 is 1.68 bits per heavy atom. The van der Waals surface area contributed by atoms with Crippen LogP contribution in [0.3, 0.4) is 0 Å². The molecule has 2 aromatic carbocycles. The van der Waals surface area contributed by atoms with Crippen molar-refractivity contribution in [2.45, 2.75) is 6.04 Å². The summed E-state index contributed by atoms with van der Waals surface area (Å²) < 4.78 is 0.873. The Kier molecular flexibility index (Phi) is 4.79. The van der Waals surface area contributed by atoms with Crippen molar-refractivity contribution >= 4 is 39.1 Å². The van der Waals surface area contributed by atoms with Crippen LogP contribution in [0.4, 0.5) is 5.69 Å². The van der Waals surface area contributed by atoms with Gasteiger partial charge < -0.3 is 5.11 Å². The number of amides is 1. The second kappa shape index (κ2) is 7.40. The molecule has 4 rings (SSSR count). The molecule has 1 amide bonds. The molecule has 28 heavy (non-hydrogen) atoms. The lowest BCUT2D eigenvalue weighted by Crippen LogP contribution is -2.29. The maximum absolute atomic E-state index is 12.9. The summed E-state index contributed by atoms with van der Waals surface area (Å²) in [6.07, 6.45) is 3.12. The highest BCUT2D eigenvalue weighted by molar-refractivity contribution is 9.10. The predicted molar refractivity (Wildman–Crippen MR) is 110 cm³/mol. The number of rotatable bonds is 3. The van der Waals surface area contributed by atoms with Crippen LogP contribution in [0.15, 0.2) is 89.2 Å². The smallest absolute Gasteiger partial charge is 0.300 e. The first-order valence-corrected chi connectivity index (χ1v) is 9.39. The number of aliphatic hydroxyl groups is 1. The van der Waals surface area contributed by atoms with Crippen LogP contribution in [0.2, 0.25) is 0 Å². The predicted octanol–water partition coefficient (Wildman–Crippen LogP) is 4.47. The molecule has 3 aromatic rings. The van der Waals surface area contributed by atoms with Crippen LogP contribution in [-0.2, 0) is 9.59 Å². The molecule has 0 aliphatic carbocycles. The minimum atomic E-state index is -0.752. The van der Waals surface area contributed by atoms with Gasteiger partial charge in [-0.25, -0.2) is 0 Å². The highest BCUT2D eigenvalue weighted by atomic mass is 79.9. The number of ketones is 1. The Morgan fingerprint density at radius 3 is 2.32 bits per heavy atom. The number of benzene rings is 2. The number of halogens is 1. The van der Waals surface area contributed by atoms with Crippen molar-refractivity contribution in [1.29, 1.82) is 0 Å². The molecule has 5 nitrogen and oxygen atoms in total. The Bertz CT molecular complexity index is 1060. The van der Waals surface area contributed by atoms with E-state index in [1.165, 1.54) is 11.1 Å². The number of aliphatic hydroxyl groups excluding tert-OH is 1. The molecule has 1 N–H and O–H groups in total. The van der Waals surface area contributed by atoms with E-state index in [2.05, 4.69) is 20.9 Å². The van der Waals surface area contributed by atoms with Crippen molar-refractivity contribution in [3.63, 3.8) is 0 Å². The Labute approximate surface area is 170 Å². The number of carbonyl (C=O) groups excluding carboxylic acids is 2. The first-order chi connectivity index (χ1) is 13.6. The summed E-state index contributed by atoms with van der Waals surface area (Å²) in [4.78, 5) is 31.3. The minimum Gasteiger partial charge on any atom is -0.507 e. The molecular formula is C22H15BrN2O3. The lowest BCUT2D eigenvalue weighted by molar-refractivity contribution is -0.132. The van der Waals surface area contributed by atoms with Gasteiger partial charge in [0.25, 0.3) is 11.7 Å². The standard InChI is InChI=1S/C22H15BrN2O3/c23-16-10-8-14(9-11-16)19-18(20(26)15-5-2-1-3-6-15)21(27)22(28)25(19)17-7-4-12-24-13-17/h1-13,19,26H/b20-18+/t19-/m1/s1. The Morgan fingerprint density at radius 1 is 0.964 bits per heavy atom. The van der Waals surface area contributed by atoms with Gasteiger partial charge in [-0.2, -0.15) is 0 Å². The van der Waals surface area contributed by atoms with Gasteiger partial charge in [0.1, 0.15) is 5.76 Å². The number of hydrogen-bond donors (Lipinski definition) is 1. The van der Waals surface area contributed by atoms with Crippen LogP contribution in [-0.4, -0.2) is 21.8 Å². The van der Waals surface area contributed by atoms with Gasteiger partial charge in [-0.05, 0) is 29.8 Å². The second-order valence-corrected chi connectivity index (χ2v) is 7.21.